The molecular formula is C23H21N5O. The molecule has 4 aromatic rings. The van der Waals surface area contributed by atoms with Crippen LogP contribution in [-0.2, 0) is 6.54 Å². The summed E-state index contributed by atoms with van der Waals surface area (Å²) >= 11 is 0. The number of carbonyl (C=O) groups is 1. The first-order valence-corrected chi connectivity index (χ1v) is 9.68. The second kappa shape index (κ2) is 7.05. The summed E-state index contributed by atoms with van der Waals surface area (Å²) in [5.74, 6) is -0.0317. The molecule has 29 heavy (non-hydrogen) atoms. The fourth-order valence-electron chi connectivity index (χ4n) is 3.83. The molecule has 6 heteroatoms. The van der Waals surface area contributed by atoms with Gasteiger partial charge >= 0.3 is 0 Å². The molecule has 1 aliphatic rings. The Balaban J connectivity index is 1.46. The van der Waals surface area contributed by atoms with E-state index in [-0.39, 0.29) is 5.91 Å². The minimum Gasteiger partial charge on any atom is -0.371 e. The minimum atomic E-state index is -0.0317. The predicted molar refractivity (Wildman–Crippen MR) is 114 cm³/mol. The highest BCUT2D eigenvalue weighted by atomic mass is 16.2. The largest absolute Gasteiger partial charge is 0.371 e. The summed E-state index contributed by atoms with van der Waals surface area (Å²) in [6.45, 7) is 2.10. The third-order valence-corrected chi connectivity index (χ3v) is 5.39. The van der Waals surface area contributed by atoms with Crippen LogP contribution >= 0.6 is 0 Å². The summed E-state index contributed by atoms with van der Waals surface area (Å²) in [6.07, 6.45) is 3.44. The topological polar surface area (TPSA) is 54.3 Å². The van der Waals surface area contributed by atoms with E-state index < -0.39 is 0 Å². The molecule has 0 aliphatic carbocycles. The zero-order valence-electron chi connectivity index (χ0n) is 16.2. The van der Waals surface area contributed by atoms with Crippen LogP contribution in [0.4, 0.5) is 11.4 Å². The van der Waals surface area contributed by atoms with E-state index in [0.717, 1.165) is 34.5 Å². The van der Waals surface area contributed by atoms with Crippen LogP contribution < -0.4 is 9.80 Å². The van der Waals surface area contributed by atoms with Crippen LogP contribution in [-0.4, -0.2) is 40.8 Å². The monoisotopic (exact) mass is 383 g/mol. The van der Waals surface area contributed by atoms with Crippen LogP contribution in [0.5, 0.6) is 0 Å². The van der Waals surface area contributed by atoms with Gasteiger partial charge in [0.05, 0.1) is 29.7 Å². The highest BCUT2D eigenvalue weighted by molar-refractivity contribution is 6.09. The maximum absolute atomic E-state index is 13.3. The first kappa shape index (κ1) is 17.4. The van der Waals surface area contributed by atoms with Crippen molar-refractivity contribution < 1.29 is 4.79 Å². The molecule has 0 unspecified atom stereocenters. The second-order valence-corrected chi connectivity index (χ2v) is 7.29. The van der Waals surface area contributed by atoms with E-state index in [1.807, 2.05) is 58.1 Å². The summed E-state index contributed by atoms with van der Waals surface area (Å²) in [5.41, 5.74) is 4.52. The molecule has 2 aromatic carbocycles. The van der Waals surface area contributed by atoms with Crippen molar-refractivity contribution in [3.8, 4) is 0 Å². The average Bonchev–Trinajstić information content (AvgIpc) is 3.16. The number of likely N-dealkylation sites (N-methyl/N-ethyl adjacent to an activating group) is 1. The SMILES string of the molecule is CN1CCN(C(=O)c2cnc3c(cnn3Cc3ccccc3)c2)c2ccccc21. The molecule has 1 aliphatic heterocycles. The molecule has 0 N–H and O–H groups in total. The van der Waals surface area contributed by atoms with Crippen molar-refractivity contribution in [1.29, 1.82) is 0 Å². The number of hydrogen-bond donors (Lipinski definition) is 0. The van der Waals surface area contributed by atoms with Gasteiger partial charge in [-0.25, -0.2) is 9.67 Å². The molecule has 2 aromatic heterocycles. The Morgan fingerprint density at radius 1 is 0.966 bits per heavy atom. The zero-order valence-corrected chi connectivity index (χ0v) is 16.2. The number of amides is 1. The van der Waals surface area contributed by atoms with Gasteiger partial charge in [0, 0.05) is 31.7 Å². The van der Waals surface area contributed by atoms with Gasteiger partial charge in [-0.2, -0.15) is 5.10 Å². The van der Waals surface area contributed by atoms with Crippen LogP contribution in [0.1, 0.15) is 15.9 Å². The molecule has 3 heterocycles. The lowest BCUT2D eigenvalue weighted by atomic mass is 10.1. The van der Waals surface area contributed by atoms with Gasteiger partial charge < -0.3 is 9.80 Å². The Morgan fingerprint density at radius 3 is 2.55 bits per heavy atom. The molecule has 0 spiro atoms. The third kappa shape index (κ3) is 3.12. The lowest BCUT2D eigenvalue weighted by Crippen LogP contribution is -2.42. The van der Waals surface area contributed by atoms with Crippen molar-refractivity contribution in [3.05, 3.63) is 84.2 Å². The molecule has 0 atom stereocenters. The summed E-state index contributed by atoms with van der Waals surface area (Å²) in [6, 6.07) is 20.0. The van der Waals surface area contributed by atoms with Gasteiger partial charge in [-0.15, -0.1) is 0 Å². The van der Waals surface area contributed by atoms with Crippen molar-refractivity contribution in [2.24, 2.45) is 0 Å². The molecule has 144 valence electrons. The number of aromatic nitrogens is 3. The van der Waals surface area contributed by atoms with E-state index in [4.69, 9.17) is 0 Å². The number of fused-ring (bicyclic) bond motifs is 2. The van der Waals surface area contributed by atoms with E-state index >= 15 is 0 Å². The highest BCUT2D eigenvalue weighted by Gasteiger charge is 2.26. The summed E-state index contributed by atoms with van der Waals surface area (Å²) < 4.78 is 1.87. The van der Waals surface area contributed by atoms with Gasteiger partial charge in [0.1, 0.15) is 0 Å². The van der Waals surface area contributed by atoms with Crippen LogP contribution in [0.2, 0.25) is 0 Å². The quantitative estimate of drug-likeness (QED) is 0.543. The van der Waals surface area contributed by atoms with Gasteiger partial charge in [0.2, 0.25) is 0 Å². The van der Waals surface area contributed by atoms with E-state index in [1.165, 1.54) is 0 Å². The Kier molecular flexibility index (Phi) is 4.24. The summed E-state index contributed by atoms with van der Waals surface area (Å²) in [5, 5.41) is 5.34. The summed E-state index contributed by atoms with van der Waals surface area (Å²) in [4.78, 5) is 21.8. The van der Waals surface area contributed by atoms with Crippen LogP contribution in [0.15, 0.2) is 73.1 Å². The number of anilines is 2. The van der Waals surface area contributed by atoms with Crippen molar-refractivity contribution in [2.45, 2.75) is 6.54 Å². The van der Waals surface area contributed by atoms with Crippen LogP contribution in [0.3, 0.4) is 0 Å². The molecule has 0 radical (unpaired) electrons. The van der Waals surface area contributed by atoms with E-state index in [0.29, 0.717) is 18.7 Å². The van der Waals surface area contributed by atoms with Crippen molar-refractivity contribution >= 4 is 28.3 Å². The Labute approximate surface area is 169 Å². The molecular weight excluding hydrogens is 362 g/mol. The minimum absolute atomic E-state index is 0.0317. The number of nitrogens with zero attached hydrogens (tertiary/aromatic N) is 5. The zero-order chi connectivity index (χ0) is 19.8. The lowest BCUT2D eigenvalue weighted by molar-refractivity contribution is 0.0986. The Hall–Kier alpha value is -3.67. The van der Waals surface area contributed by atoms with Gasteiger partial charge in [-0.3, -0.25) is 4.79 Å². The second-order valence-electron chi connectivity index (χ2n) is 7.29. The Bertz CT molecular complexity index is 1180. The smallest absolute Gasteiger partial charge is 0.259 e. The normalized spacial score (nSPS) is 13.6. The number of benzene rings is 2. The van der Waals surface area contributed by atoms with Gasteiger partial charge in [-0.05, 0) is 23.8 Å². The fourth-order valence-corrected chi connectivity index (χ4v) is 3.83. The number of hydrogen-bond acceptors (Lipinski definition) is 4. The van der Waals surface area contributed by atoms with E-state index in [9.17, 15) is 4.79 Å². The van der Waals surface area contributed by atoms with Crippen molar-refractivity contribution in [2.75, 3.05) is 29.9 Å². The van der Waals surface area contributed by atoms with E-state index in [1.54, 1.807) is 12.4 Å². The summed E-state index contributed by atoms with van der Waals surface area (Å²) in [7, 11) is 2.05. The third-order valence-electron chi connectivity index (χ3n) is 5.39. The van der Waals surface area contributed by atoms with Crippen molar-refractivity contribution in [1.82, 2.24) is 14.8 Å². The lowest BCUT2D eigenvalue weighted by Gasteiger charge is -2.35. The van der Waals surface area contributed by atoms with Crippen molar-refractivity contribution in [3.63, 3.8) is 0 Å². The standard InChI is InChI=1S/C23H21N5O/c1-26-11-12-27(21-10-6-5-9-20(21)26)23(29)19-13-18-15-25-28(22(18)24-14-19)16-17-7-3-2-4-8-17/h2-10,13-15H,11-12,16H2,1H3. The van der Waals surface area contributed by atoms with E-state index in [2.05, 4.69) is 34.2 Å². The van der Waals surface area contributed by atoms with Crippen LogP contribution in [0.25, 0.3) is 11.0 Å². The number of carbonyl (C=O) groups excluding carboxylic acids is 1. The molecule has 0 fully saturated rings. The van der Waals surface area contributed by atoms with Gasteiger partial charge in [-0.1, -0.05) is 42.5 Å². The average molecular weight is 383 g/mol. The molecule has 1 amide bonds. The van der Waals surface area contributed by atoms with Gasteiger partial charge in [0.15, 0.2) is 5.65 Å². The fraction of sp³-hybridized carbons (Fsp3) is 0.174. The molecule has 0 saturated carbocycles. The molecule has 6 nitrogen and oxygen atoms in total. The van der Waals surface area contributed by atoms with Gasteiger partial charge in [0.25, 0.3) is 5.91 Å². The maximum Gasteiger partial charge on any atom is 0.259 e. The van der Waals surface area contributed by atoms with Crippen LogP contribution in [0, 0.1) is 0 Å². The maximum atomic E-state index is 13.3. The molecule has 0 bridgehead atoms. The highest BCUT2D eigenvalue weighted by Crippen LogP contribution is 2.32. The molecule has 0 saturated heterocycles. The molecule has 5 rings (SSSR count). The Morgan fingerprint density at radius 2 is 1.72 bits per heavy atom. The number of rotatable bonds is 3. The first-order valence-electron chi connectivity index (χ1n) is 9.68. The number of para-hydroxylation sites is 2. The number of pyridine rings is 1. The first-order chi connectivity index (χ1) is 14.2. The predicted octanol–water partition coefficient (Wildman–Crippen LogP) is 3.58.